The molecule has 2 aromatic heterocycles. The molecule has 0 spiro atoms. The van der Waals surface area contributed by atoms with Gasteiger partial charge >= 0.3 is 0 Å². The van der Waals surface area contributed by atoms with E-state index in [1.54, 1.807) is 24.3 Å². The van der Waals surface area contributed by atoms with Gasteiger partial charge in [0.05, 0.1) is 11.3 Å². The van der Waals surface area contributed by atoms with Crippen molar-refractivity contribution in [3.05, 3.63) is 60.0 Å². The van der Waals surface area contributed by atoms with Gasteiger partial charge in [0.15, 0.2) is 5.65 Å². The van der Waals surface area contributed by atoms with Gasteiger partial charge in [0, 0.05) is 25.6 Å². The predicted octanol–water partition coefficient (Wildman–Crippen LogP) is 1.31. The Balaban J connectivity index is 1.22. The highest BCUT2D eigenvalue weighted by Crippen LogP contribution is 2.19. The molecule has 30 heavy (non-hydrogen) atoms. The molecule has 1 aliphatic rings. The maximum absolute atomic E-state index is 12.4. The molecule has 3 N–H and O–H groups in total. The molecule has 0 bridgehead atoms. The zero-order valence-corrected chi connectivity index (χ0v) is 16.3. The van der Waals surface area contributed by atoms with E-state index in [1.807, 2.05) is 28.8 Å². The van der Waals surface area contributed by atoms with Crippen molar-refractivity contribution < 1.29 is 14.4 Å². The van der Waals surface area contributed by atoms with E-state index in [0.717, 1.165) is 17.9 Å². The summed E-state index contributed by atoms with van der Waals surface area (Å²) in [6, 6.07) is 11.8. The summed E-state index contributed by atoms with van der Waals surface area (Å²) in [6.07, 6.45) is 3.69. The van der Waals surface area contributed by atoms with Crippen LogP contribution >= 0.6 is 0 Å². The molecule has 3 aromatic rings. The van der Waals surface area contributed by atoms with Gasteiger partial charge in [-0.25, -0.2) is 0 Å². The summed E-state index contributed by atoms with van der Waals surface area (Å²) in [4.78, 5) is 36.8. The van der Waals surface area contributed by atoms with E-state index in [0.29, 0.717) is 24.2 Å². The number of anilines is 1. The molecule has 0 saturated carbocycles. The molecule has 3 amide bonds. The van der Waals surface area contributed by atoms with E-state index in [9.17, 15) is 14.4 Å². The smallest absolute Gasteiger partial charge is 0.254 e. The second-order valence-electron chi connectivity index (χ2n) is 7.10. The lowest BCUT2D eigenvalue weighted by Crippen LogP contribution is -2.42. The number of fused-ring (bicyclic) bond motifs is 2. The van der Waals surface area contributed by atoms with Gasteiger partial charge in [0.25, 0.3) is 5.91 Å². The van der Waals surface area contributed by atoms with Crippen LogP contribution in [0.2, 0.25) is 0 Å². The number of aryl methyl sites for hydroxylation is 1. The van der Waals surface area contributed by atoms with Crippen LogP contribution in [-0.4, -0.2) is 44.9 Å². The molecule has 0 saturated heterocycles. The first-order chi connectivity index (χ1) is 14.6. The average Bonchev–Trinajstić information content (AvgIpc) is 3.12. The summed E-state index contributed by atoms with van der Waals surface area (Å²) in [6.45, 7) is 0.495. The lowest BCUT2D eigenvalue weighted by atomic mass is 10.1. The Hall–Kier alpha value is -3.75. The van der Waals surface area contributed by atoms with Gasteiger partial charge in [-0.2, -0.15) is 0 Å². The fourth-order valence-electron chi connectivity index (χ4n) is 3.41. The van der Waals surface area contributed by atoms with Crippen molar-refractivity contribution in [2.75, 3.05) is 11.9 Å². The summed E-state index contributed by atoms with van der Waals surface area (Å²) in [5.41, 5.74) is 1.69. The topological polar surface area (TPSA) is 117 Å². The van der Waals surface area contributed by atoms with Crippen LogP contribution in [0.4, 0.5) is 5.69 Å². The molecule has 9 nitrogen and oxygen atoms in total. The standard InChI is InChI=1S/C21H22N6O3/c28-19(22-12-5-9-18-26-25-17-8-3-4-13-27(17)18)11-10-16-21(30)23-15-7-2-1-6-14(15)20(29)24-16/h1-4,6-8,13,16H,5,9-12H2,(H,22,28)(H,23,30)(H,24,29)/t16-/m0/s1. The number of pyridine rings is 1. The minimum atomic E-state index is -0.752. The van der Waals surface area contributed by atoms with Crippen LogP contribution in [0.25, 0.3) is 5.65 Å². The van der Waals surface area contributed by atoms with Gasteiger partial charge < -0.3 is 16.0 Å². The molecule has 1 aliphatic heterocycles. The van der Waals surface area contributed by atoms with Crippen LogP contribution in [-0.2, 0) is 16.0 Å². The number of hydrogen-bond donors (Lipinski definition) is 3. The summed E-state index contributed by atoms with van der Waals surface area (Å²) in [5, 5.41) is 16.6. The molecule has 4 rings (SSSR count). The zero-order valence-electron chi connectivity index (χ0n) is 16.3. The molecule has 3 heterocycles. The van der Waals surface area contributed by atoms with Crippen molar-refractivity contribution in [3.63, 3.8) is 0 Å². The van der Waals surface area contributed by atoms with Crippen LogP contribution in [0.3, 0.4) is 0 Å². The van der Waals surface area contributed by atoms with Crippen LogP contribution in [0.15, 0.2) is 48.7 Å². The number of benzene rings is 1. The van der Waals surface area contributed by atoms with Crippen LogP contribution in [0.5, 0.6) is 0 Å². The van der Waals surface area contributed by atoms with Crippen molar-refractivity contribution >= 4 is 29.1 Å². The molecule has 0 radical (unpaired) electrons. The van der Waals surface area contributed by atoms with E-state index >= 15 is 0 Å². The maximum atomic E-state index is 12.4. The lowest BCUT2D eigenvalue weighted by Gasteiger charge is -2.14. The van der Waals surface area contributed by atoms with E-state index < -0.39 is 6.04 Å². The first kappa shape index (κ1) is 19.6. The van der Waals surface area contributed by atoms with Crippen LogP contribution in [0.1, 0.15) is 35.4 Å². The maximum Gasteiger partial charge on any atom is 0.254 e. The largest absolute Gasteiger partial charge is 0.356 e. The number of carbonyl (C=O) groups is 3. The van der Waals surface area contributed by atoms with Crippen molar-refractivity contribution in [1.82, 2.24) is 25.2 Å². The molecule has 0 unspecified atom stereocenters. The summed E-state index contributed by atoms with van der Waals surface area (Å²) in [7, 11) is 0. The summed E-state index contributed by atoms with van der Waals surface area (Å²) >= 11 is 0. The number of nitrogens with one attached hydrogen (secondary N) is 3. The number of carbonyl (C=O) groups excluding carboxylic acids is 3. The van der Waals surface area contributed by atoms with Gasteiger partial charge in [-0.15, -0.1) is 10.2 Å². The van der Waals surface area contributed by atoms with Crippen molar-refractivity contribution in [3.8, 4) is 0 Å². The molecular formula is C21H22N6O3. The third-order valence-corrected chi connectivity index (χ3v) is 5.00. The van der Waals surface area contributed by atoms with E-state index in [4.69, 9.17) is 0 Å². The second-order valence-corrected chi connectivity index (χ2v) is 7.10. The fraction of sp³-hybridized carbons (Fsp3) is 0.286. The van der Waals surface area contributed by atoms with E-state index in [1.165, 1.54) is 0 Å². The van der Waals surface area contributed by atoms with Gasteiger partial charge in [-0.3, -0.25) is 18.8 Å². The normalized spacial score (nSPS) is 15.8. The molecule has 9 heteroatoms. The quantitative estimate of drug-likeness (QED) is 0.512. The Morgan fingerprint density at radius 1 is 1.10 bits per heavy atom. The summed E-state index contributed by atoms with van der Waals surface area (Å²) < 4.78 is 1.92. The minimum absolute atomic E-state index is 0.141. The Labute approximate surface area is 172 Å². The number of nitrogens with zero attached hydrogens (tertiary/aromatic N) is 3. The molecule has 1 atom stereocenters. The van der Waals surface area contributed by atoms with Crippen molar-refractivity contribution in [2.24, 2.45) is 0 Å². The third kappa shape index (κ3) is 4.29. The fourth-order valence-corrected chi connectivity index (χ4v) is 3.41. The average molecular weight is 406 g/mol. The number of rotatable bonds is 7. The van der Waals surface area contributed by atoms with Crippen molar-refractivity contribution in [1.29, 1.82) is 0 Å². The molecule has 0 aliphatic carbocycles. The molecule has 0 fully saturated rings. The Kier molecular flexibility index (Phi) is 5.69. The SMILES string of the molecule is O=C(CC[C@@H]1NC(=O)c2ccccc2NC1=O)NCCCc1nnc2ccccn12. The molecule has 1 aromatic carbocycles. The highest BCUT2D eigenvalue weighted by Gasteiger charge is 2.27. The van der Waals surface area contributed by atoms with Gasteiger partial charge in [-0.1, -0.05) is 18.2 Å². The van der Waals surface area contributed by atoms with E-state index in [2.05, 4.69) is 26.1 Å². The predicted molar refractivity (Wildman–Crippen MR) is 110 cm³/mol. The van der Waals surface area contributed by atoms with Crippen LogP contribution < -0.4 is 16.0 Å². The van der Waals surface area contributed by atoms with Crippen LogP contribution in [0, 0.1) is 0 Å². The Morgan fingerprint density at radius 3 is 2.83 bits per heavy atom. The van der Waals surface area contributed by atoms with Crippen molar-refractivity contribution in [2.45, 2.75) is 31.7 Å². The second kappa shape index (κ2) is 8.73. The minimum Gasteiger partial charge on any atom is -0.356 e. The third-order valence-electron chi connectivity index (χ3n) is 5.00. The van der Waals surface area contributed by atoms with Gasteiger partial charge in [0.1, 0.15) is 11.9 Å². The number of amides is 3. The number of para-hydroxylation sites is 1. The Morgan fingerprint density at radius 2 is 1.93 bits per heavy atom. The van der Waals surface area contributed by atoms with Gasteiger partial charge in [0.2, 0.25) is 11.8 Å². The molecular weight excluding hydrogens is 384 g/mol. The first-order valence-corrected chi connectivity index (χ1v) is 9.88. The highest BCUT2D eigenvalue weighted by atomic mass is 16.2. The Bertz CT molecular complexity index is 1090. The first-order valence-electron chi connectivity index (χ1n) is 9.88. The zero-order chi connectivity index (χ0) is 20.9. The summed E-state index contributed by atoms with van der Waals surface area (Å²) in [5.74, 6) is 0.0387. The molecule has 154 valence electrons. The number of hydrogen-bond acceptors (Lipinski definition) is 5. The highest BCUT2D eigenvalue weighted by molar-refractivity contribution is 6.09. The van der Waals surface area contributed by atoms with Gasteiger partial charge in [-0.05, 0) is 37.1 Å². The lowest BCUT2D eigenvalue weighted by molar-refractivity contribution is -0.121. The van der Waals surface area contributed by atoms with E-state index in [-0.39, 0.29) is 30.6 Å². The number of aromatic nitrogens is 3. The monoisotopic (exact) mass is 406 g/mol.